The van der Waals surface area contributed by atoms with E-state index in [0.29, 0.717) is 35.1 Å². The third kappa shape index (κ3) is 6.87. The van der Waals surface area contributed by atoms with Crippen LogP contribution in [0.15, 0.2) is 47.5 Å². The quantitative estimate of drug-likeness (QED) is 0.252. The number of aryl methyl sites for hydroxylation is 2. The number of hydrogen-bond donors (Lipinski definition) is 1. The molecule has 13 heteroatoms. The maximum Gasteiger partial charge on any atom is 0.261 e. The van der Waals surface area contributed by atoms with Crippen LogP contribution in [0.1, 0.15) is 55.2 Å². The summed E-state index contributed by atoms with van der Waals surface area (Å²) in [6.07, 6.45) is 9.54. The van der Waals surface area contributed by atoms with Crippen molar-refractivity contribution in [3.8, 4) is 22.6 Å². The van der Waals surface area contributed by atoms with Crippen molar-refractivity contribution in [3.63, 3.8) is 0 Å². The summed E-state index contributed by atoms with van der Waals surface area (Å²) in [7, 11) is 7.03. The Kier molecular flexibility index (Phi) is 9.65. The summed E-state index contributed by atoms with van der Waals surface area (Å²) in [6, 6.07) is 10.7. The van der Waals surface area contributed by atoms with Crippen LogP contribution in [-0.4, -0.2) is 107 Å². The molecule has 296 valence electrons. The van der Waals surface area contributed by atoms with Gasteiger partial charge in [0.05, 0.1) is 31.2 Å². The zero-order valence-electron chi connectivity index (χ0n) is 33.2. The van der Waals surface area contributed by atoms with Gasteiger partial charge in [0.2, 0.25) is 11.8 Å². The van der Waals surface area contributed by atoms with E-state index >= 15 is 0 Å². The second-order valence-corrected chi connectivity index (χ2v) is 17.1. The first-order valence-electron chi connectivity index (χ1n) is 20.3. The van der Waals surface area contributed by atoms with Gasteiger partial charge in [0, 0.05) is 88.8 Å². The zero-order chi connectivity index (χ0) is 38.7. The molecule has 0 bridgehead atoms. The molecule has 1 spiro atoms. The molecule has 4 saturated heterocycles. The number of benzene rings is 2. The number of fused-ring (bicyclic) bond motifs is 2. The number of imide groups is 1. The summed E-state index contributed by atoms with van der Waals surface area (Å²) < 4.78 is 15.2. The molecular formula is C43H54N8O5. The van der Waals surface area contributed by atoms with Gasteiger partial charge in [0.15, 0.2) is 0 Å². The highest BCUT2D eigenvalue weighted by atomic mass is 16.5. The topological polar surface area (TPSA) is 117 Å². The zero-order valence-corrected chi connectivity index (χ0v) is 33.2. The van der Waals surface area contributed by atoms with E-state index in [-0.39, 0.29) is 23.4 Å². The fourth-order valence-corrected chi connectivity index (χ4v) is 10.1. The van der Waals surface area contributed by atoms with Gasteiger partial charge in [-0.05, 0) is 105 Å². The maximum atomic E-state index is 12.8. The Morgan fingerprint density at radius 1 is 0.857 bits per heavy atom. The van der Waals surface area contributed by atoms with Gasteiger partial charge in [-0.1, -0.05) is 6.07 Å². The molecule has 0 aliphatic carbocycles. The Morgan fingerprint density at radius 2 is 1.57 bits per heavy atom. The van der Waals surface area contributed by atoms with Crippen molar-refractivity contribution in [3.05, 3.63) is 69.8 Å². The van der Waals surface area contributed by atoms with Crippen LogP contribution in [-0.2, 0) is 43.3 Å². The largest absolute Gasteiger partial charge is 0.496 e. The van der Waals surface area contributed by atoms with Crippen molar-refractivity contribution in [2.24, 2.45) is 25.4 Å². The van der Waals surface area contributed by atoms with E-state index in [1.165, 1.54) is 62.1 Å². The van der Waals surface area contributed by atoms with Crippen LogP contribution in [0.4, 0.5) is 5.69 Å². The molecule has 9 rings (SSSR count). The number of carbonyl (C=O) groups excluding carboxylic acids is 2. The predicted molar refractivity (Wildman–Crippen MR) is 215 cm³/mol. The molecule has 4 aromatic rings. The fourth-order valence-electron chi connectivity index (χ4n) is 10.1. The predicted octanol–water partition coefficient (Wildman–Crippen LogP) is 3.89. The summed E-state index contributed by atoms with van der Waals surface area (Å²) in [5.41, 5.74) is 7.76. The first-order chi connectivity index (χ1) is 27.1. The molecule has 2 amide bonds. The molecule has 1 unspecified atom stereocenters. The van der Waals surface area contributed by atoms with E-state index in [1.807, 2.05) is 25.4 Å². The van der Waals surface area contributed by atoms with Crippen LogP contribution in [0, 0.1) is 11.3 Å². The average Bonchev–Trinajstić information content (AvgIpc) is 3.79. The molecule has 5 aliphatic rings. The molecule has 56 heavy (non-hydrogen) atoms. The van der Waals surface area contributed by atoms with E-state index < -0.39 is 0 Å². The smallest absolute Gasteiger partial charge is 0.261 e. The van der Waals surface area contributed by atoms with Crippen molar-refractivity contribution in [2.45, 2.75) is 64.2 Å². The molecule has 2 aromatic carbocycles. The molecule has 1 atom stereocenters. The van der Waals surface area contributed by atoms with Gasteiger partial charge in [-0.2, -0.15) is 5.10 Å². The van der Waals surface area contributed by atoms with Gasteiger partial charge in [0.1, 0.15) is 17.0 Å². The van der Waals surface area contributed by atoms with Crippen LogP contribution in [0.3, 0.4) is 0 Å². The number of amides is 2. The van der Waals surface area contributed by atoms with Gasteiger partial charge in [-0.15, -0.1) is 0 Å². The Morgan fingerprint density at radius 3 is 2.27 bits per heavy atom. The summed E-state index contributed by atoms with van der Waals surface area (Å²) >= 11 is 0. The second kappa shape index (κ2) is 14.7. The number of carbonyl (C=O) groups is 2. The normalized spacial score (nSPS) is 22.1. The SMILES string of the molecule is COc1cc(-c2cn(C)c(=O)c3cn(C)nc23)cc(OC)c1CN1CCC(CN2CCC3(CC2)CN(c2ccc4c(c2)CN(C2CCC(=O)NC2=O)C4)C3)CC1. The number of piperidine rings is 3. The minimum absolute atomic E-state index is 0.0685. The van der Waals surface area contributed by atoms with Crippen LogP contribution in [0.2, 0.25) is 0 Å². The van der Waals surface area contributed by atoms with Crippen molar-refractivity contribution in [2.75, 3.05) is 64.9 Å². The number of aromatic nitrogens is 3. The number of pyridine rings is 1. The minimum atomic E-state index is -0.216. The monoisotopic (exact) mass is 762 g/mol. The fraction of sp³-hybridized carbons (Fsp3) is 0.535. The van der Waals surface area contributed by atoms with Gasteiger partial charge < -0.3 is 23.8 Å². The van der Waals surface area contributed by atoms with Gasteiger partial charge in [-0.3, -0.25) is 34.2 Å². The number of anilines is 1. The molecule has 0 radical (unpaired) electrons. The Labute approximate surface area is 328 Å². The van der Waals surface area contributed by atoms with Gasteiger partial charge in [-0.25, -0.2) is 0 Å². The number of nitrogens with zero attached hydrogens (tertiary/aromatic N) is 7. The summed E-state index contributed by atoms with van der Waals surface area (Å²) in [6.45, 7) is 10.2. The Bertz CT molecular complexity index is 2200. The van der Waals surface area contributed by atoms with Crippen LogP contribution in [0.25, 0.3) is 22.0 Å². The number of rotatable bonds is 9. The van der Waals surface area contributed by atoms with E-state index in [0.717, 1.165) is 74.0 Å². The van der Waals surface area contributed by atoms with Gasteiger partial charge in [0.25, 0.3) is 5.56 Å². The summed E-state index contributed by atoms with van der Waals surface area (Å²) in [4.78, 5) is 46.9. The van der Waals surface area contributed by atoms with Crippen molar-refractivity contribution in [1.82, 2.24) is 34.4 Å². The summed E-state index contributed by atoms with van der Waals surface area (Å²) in [5, 5.41) is 7.72. The van der Waals surface area contributed by atoms with Crippen LogP contribution >= 0.6 is 0 Å². The van der Waals surface area contributed by atoms with E-state index in [9.17, 15) is 14.4 Å². The van der Waals surface area contributed by atoms with Crippen LogP contribution < -0.4 is 25.2 Å². The lowest BCUT2D eigenvalue weighted by molar-refractivity contribution is -0.137. The van der Waals surface area contributed by atoms with E-state index in [1.54, 1.807) is 36.7 Å². The molecule has 4 fully saturated rings. The van der Waals surface area contributed by atoms with Gasteiger partial charge >= 0.3 is 0 Å². The van der Waals surface area contributed by atoms with E-state index in [2.05, 4.69) is 48.2 Å². The lowest BCUT2D eigenvalue weighted by atomic mass is 9.71. The molecule has 1 N–H and O–H groups in total. The second-order valence-electron chi connectivity index (χ2n) is 17.1. The number of likely N-dealkylation sites (tertiary alicyclic amines) is 2. The molecule has 5 aliphatic heterocycles. The number of hydrogen-bond acceptors (Lipinski definition) is 10. The van der Waals surface area contributed by atoms with Crippen molar-refractivity contribution < 1.29 is 19.1 Å². The lowest BCUT2D eigenvalue weighted by Crippen LogP contribution is -2.60. The Hall–Kier alpha value is -4.72. The molecule has 7 heterocycles. The van der Waals surface area contributed by atoms with Crippen molar-refractivity contribution in [1.29, 1.82) is 0 Å². The highest BCUT2D eigenvalue weighted by Gasteiger charge is 2.45. The third-order valence-electron chi connectivity index (χ3n) is 13.4. The van der Waals surface area contributed by atoms with Crippen LogP contribution in [0.5, 0.6) is 11.5 Å². The molecular weight excluding hydrogens is 709 g/mol. The standard InChI is InChI=1S/C43H54N8O5/c1-46-23-33(40-35(42(46)54)24-47(2)45-40)30-18-37(55-3)34(38(19-30)56-4)25-48-13-9-28(10-14-48)20-49-15-11-43(12-16-49)26-51(27-43)32-6-5-29-21-50(22-31(29)17-32)36-7-8-39(52)44-41(36)53/h5-6,17-19,23-24,28,36H,7-16,20-22,25-27H2,1-4H3,(H,44,52,53). The van der Waals surface area contributed by atoms with E-state index in [4.69, 9.17) is 9.47 Å². The number of nitrogens with one attached hydrogen (secondary N) is 1. The maximum absolute atomic E-state index is 12.8. The minimum Gasteiger partial charge on any atom is -0.496 e. The lowest BCUT2D eigenvalue weighted by Gasteiger charge is -2.55. The highest BCUT2D eigenvalue weighted by molar-refractivity contribution is 6.00. The van der Waals surface area contributed by atoms with Crippen molar-refractivity contribution >= 4 is 28.4 Å². The number of methoxy groups -OCH3 is 2. The molecule has 2 aromatic heterocycles. The highest BCUT2D eigenvalue weighted by Crippen LogP contribution is 2.44. The third-order valence-corrected chi connectivity index (χ3v) is 13.4. The Balaban J connectivity index is 0.759. The first kappa shape index (κ1) is 36.9. The summed E-state index contributed by atoms with van der Waals surface area (Å²) in [5.74, 6) is 1.97. The number of ether oxygens (including phenoxy) is 2. The molecule has 0 saturated carbocycles. The average molecular weight is 763 g/mol. The molecule has 13 nitrogen and oxygen atoms in total. The first-order valence-corrected chi connectivity index (χ1v) is 20.3.